The topological polar surface area (TPSA) is 63.5 Å². The van der Waals surface area contributed by atoms with Crippen molar-refractivity contribution in [2.75, 3.05) is 44.0 Å². The first-order chi connectivity index (χ1) is 16.0. The summed E-state index contributed by atoms with van der Waals surface area (Å²) >= 11 is 1.44. The summed E-state index contributed by atoms with van der Waals surface area (Å²) < 4.78 is 7.61. The predicted molar refractivity (Wildman–Crippen MR) is 132 cm³/mol. The number of morpholine rings is 1. The van der Waals surface area contributed by atoms with Crippen molar-refractivity contribution in [2.24, 2.45) is 0 Å². The molecule has 3 aromatic rings. The molecule has 1 fully saturated rings. The Bertz CT molecular complexity index is 1080. The van der Waals surface area contributed by atoms with Crippen molar-refractivity contribution in [2.45, 2.75) is 32.1 Å². The van der Waals surface area contributed by atoms with Gasteiger partial charge >= 0.3 is 0 Å². The largest absolute Gasteiger partial charge is 0.378 e. The van der Waals surface area contributed by atoms with E-state index in [0.29, 0.717) is 32.1 Å². The second-order valence-electron chi connectivity index (χ2n) is 8.42. The third-order valence-corrected chi connectivity index (χ3v) is 6.78. The van der Waals surface area contributed by atoms with Gasteiger partial charge in [-0.25, -0.2) is 0 Å². The molecule has 0 unspecified atom stereocenters. The van der Waals surface area contributed by atoms with Crippen LogP contribution in [0.3, 0.4) is 0 Å². The Morgan fingerprint density at radius 3 is 2.58 bits per heavy atom. The third-order valence-electron chi connectivity index (χ3n) is 5.83. The lowest BCUT2D eigenvalue weighted by molar-refractivity contribution is -0.127. The monoisotopic (exact) mass is 465 g/mol. The molecule has 0 saturated carbocycles. The van der Waals surface area contributed by atoms with E-state index in [1.807, 2.05) is 25.2 Å². The van der Waals surface area contributed by atoms with Crippen LogP contribution >= 0.6 is 11.8 Å². The number of hydrogen-bond donors (Lipinski definition) is 0. The van der Waals surface area contributed by atoms with Gasteiger partial charge in [0.05, 0.1) is 25.5 Å². The molecule has 1 amide bonds. The molecular formula is C25H31N5O2S. The molecule has 33 heavy (non-hydrogen) atoms. The number of carbonyl (C=O) groups excluding carboxylic acids is 1. The minimum atomic E-state index is 0.0714. The zero-order valence-electron chi connectivity index (χ0n) is 19.5. The minimum absolute atomic E-state index is 0.0714. The van der Waals surface area contributed by atoms with Gasteiger partial charge in [-0.3, -0.25) is 9.36 Å². The third kappa shape index (κ3) is 5.94. The van der Waals surface area contributed by atoms with E-state index in [0.717, 1.165) is 24.2 Å². The maximum absolute atomic E-state index is 12.9. The van der Waals surface area contributed by atoms with Crippen LogP contribution < -0.4 is 4.90 Å². The summed E-state index contributed by atoms with van der Waals surface area (Å²) in [6.45, 7) is 8.37. The van der Waals surface area contributed by atoms with E-state index in [9.17, 15) is 4.79 Å². The molecule has 0 spiro atoms. The fourth-order valence-corrected chi connectivity index (χ4v) is 4.77. The Hall–Kier alpha value is -2.84. The number of amides is 1. The van der Waals surface area contributed by atoms with E-state index in [-0.39, 0.29) is 5.91 Å². The molecule has 174 valence electrons. The van der Waals surface area contributed by atoms with Crippen LogP contribution in [-0.4, -0.2) is 64.7 Å². The fourth-order valence-electron chi connectivity index (χ4n) is 3.89. The van der Waals surface area contributed by atoms with Gasteiger partial charge in [-0.2, -0.15) is 0 Å². The lowest BCUT2D eigenvalue weighted by atomic mass is 10.1. The van der Waals surface area contributed by atoms with Gasteiger partial charge in [0.1, 0.15) is 0 Å². The van der Waals surface area contributed by atoms with Crippen LogP contribution in [0.1, 0.15) is 22.3 Å². The molecule has 1 aliphatic rings. The highest BCUT2D eigenvalue weighted by atomic mass is 32.2. The molecular weight excluding hydrogens is 434 g/mol. The lowest BCUT2D eigenvalue weighted by Gasteiger charge is -2.28. The quantitative estimate of drug-likeness (QED) is 0.474. The number of aromatic nitrogens is 3. The molecule has 1 aromatic heterocycles. The van der Waals surface area contributed by atoms with Gasteiger partial charge in [-0.05, 0) is 30.5 Å². The molecule has 2 heterocycles. The van der Waals surface area contributed by atoms with E-state index in [4.69, 9.17) is 4.74 Å². The first-order valence-corrected chi connectivity index (χ1v) is 12.2. The standard InChI is InChI=1S/C25H31N5O2S/c1-19-9-10-22(20(2)15-19)17-28(3)23(31)18-33-25-27-26-24(29-11-13-32-14-12-29)30(25)16-21-7-5-4-6-8-21/h4-10,15H,11-14,16-18H2,1-3H3. The van der Waals surface area contributed by atoms with E-state index in [2.05, 4.69) is 63.8 Å². The Labute approximate surface area is 199 Å². The maximum Gasteiger partial charge on any atom is 0.233 e. The van der Waals surface area contributed by atoms with Crippen molar-refractivity contribution in [3.8, 4) is 0 Å². The molecule has 0 radical (unpaired) electrons. The summed E-state index contributed by atoms with van der Waals surface area (Å²) in [7, 11) is 1.86. The van der Waals surface area contributed by atoms with Crippen molar-refractivity contribution in [1.82, 2.24) is 19.7 Å². The van der Waals surface area contributed by atoms with Crippen molar-refractivity contribution in [3.05, 3.63) is 70.8 Å². The number of carbonyl (C=O) groups is 1. The smallest absolute Gasteiger partial charge is 0.233 e. The summed E-state index contributed by atoms with van der Waals surface area (Å²) in [5, 5.41) is 9.69. The normalized spacial score (nSPS) is 13.8. The average molecular weight is 466 g/mol. The Morgan fingerprint density at radius 2 is 1.85 bits per heavy atom. The van der Waals surface area contributed by atoms with E-state index in [1.54, 1.807) is 4.90 Å². The first-order valence-electron chi connectivity index (χ1n) is 11.2. The van der Waals surface area contributed by atoms with Crippen LogP contribution in [0, 0.1) is 13.8 Å². The first kappa shape index (κ1) is 23.3. The summed E-state index contributed by atoms with van der Waals surface area (Å²) in [6, 6.07) is 16.6. The van der Waals surface area contributed by atoms with Gasteiger partial charge < -0.3 is 14.5 Å². The van der Waals surface area contributed by atoms with Gasteiger partial charge in [0.2, 0.25) is 11.9 Å². The molecule has 2 aromatic carbocycles. The summed E-state index contributed by atoms with van der Waals surface area (Å²) in [4.78, 5) is 16.9. The van der Waals surface area contributed by atoms with E-state index < -0.39 is 0 Å². The number of nitrogens with zero attached hydrogens (tertiary/aromatic N) is 5. The molecule has 7 nitrogen and oxygen atoms in total. The molecule has 1 aliphatic heterocycles. The van der Waals surface area contributed by atoms with Gasteiger partial charge in [0.25, 0.3) is 0 Å². The van der Waals surface area contributed by atoms with Crippen molar-refractivity contribution >= 4 is 23.6 Å². The van der Waals surface area contributed by atoms with E-state index in [1.165, 1.54) is 34.0 Å². The molecule has 0 N–H and O–H groups in total. The Morgan fingerprint density at radius 1 is 1.09 bits per heavy atom. The predicted octanol–water partition coefficient (Wildman–Crippen LogP) is 3.53. The zero-order chi connectivity index (χ0) is 23.2. The zero-order valence-corrected chi connectivity index (χ0v) is 20.3. The number of hydrogen-bond acceptors (Lipinski definition) is 6. The van der Waals surface area contributed by atoms with Crippen LogP contribution in [0.25, 0.3) is 0 Å². The second kappa shape index (κ2) is 10.9. The highest BCUT2D eigenvalue weighted by Crippen LogP contribution is 2.25. The van der Waals surface area contributed by atoms with Crippen molar-refractivity contribution in [3.63, 3.8) is 0 Å². The highest BCUT2D eigenvalue weighted by Gasteiger charge is 2.22. The van der Waals surface area contributed by atoms with Crippen LogP contribution in [0.4, 0.5) is 5.95 Å². The summed E-state index contributed by atoms with van der Waals surface area (Å²) in [5.74, 6) is 1.22. The van der Waals surface area contributed by atoms with Gasteiger partial charge in [0, 0.05) is 26.7 Å². The van der Waals surface area contributed by atoms with Crippen molar-refractivity contribution in [1.29, 1.82) is 0 Å². The molecule has 4 rings (SSSR count). The molecule has 8 heteroatoms. The summed E-state index contributed by atoms with van der Waals surface area (Å²) in [5.41, 5.74) is 4.78. The van der Waals surface area contributed by atoms with Crippen LogP contribution in [0.15, 0.2) is 53.7 Å². The van der Waals surface area contributed by atoms with Crippen LogP contribution in [0.2, 0.25) is 0 Å². The Kier molecular flexibility index (Phi) is 7.67. The van der Waals surface area contributed by atoms with Crippen LogP contribution in [-0.2, 0) is 22.6 Å². The molecule has 1 saturated heterocycles. The number of thioether (sulfide) groups is 1. The molecule has 0 atom stereocenters. The number of ether oxygens (including phenoxy) is 1. The average Bonchev–Trinajstić information content (AvgIpc) is 3.22. The molecule has 0 aliphatic carbocycles. The SMILES string of the molecule is Cc1ccc(CN(C)C(=O)CSc2nnc(N3CCOCC3)n2Cc2ccccc2)c(C)c1. The minimum Gasteiger partial charge on any atom is -0.378 e. The second-order valence-corrected chi connectivity index (χ2v) is 9.36. The fraction of sp³-hybridized carbons (Fsp3) is 0.400. The summed E-state index contributed by atoms with van der Waals surface area (Å²) in [6.07, 6.45) is 0. The van der Waals surface area contributed by atoms with Crippen LogP contribution in [0.5, 0.6) is 0 Å². The highest BCUT2D eigenvalue weighted by molar-refractivity contribution is 7.99. The Balaban J connectivity index is 1.46. The van der Waals surface area contributed by atoms with Gasteiger partial charge in [0.15, 0.2) is 5.16 Å². The molecule has 0 bridgehead atoms. The van der Waals surface area contributed by atoms with Gasteiger partial charge in [-0.15, -0.1) is 10.2 Å². The number of benzene rings is 2. The van der Waals surface area contributed by atoms with Crippen molar-refractivity contribution < 1.29 is 9.53 Å². The lowest BCUT2D eigenvalue weighted by Crippen LogP contribution is -2.38. The maximum atomic E-state index is 12.9. The number of aryl methyl sites for hydroxylation is 2. The number of anilines is 1. The van der Waals surface area contributed by atoms with E-state index >= 15 is 0 Å². The van der Waals surface area contributed by atoms with Gasteiger partial charge in [-0.1, -0.05) is 65.9 Å². The number of rotatable bonds is 8.